The Bertz CT molecular complexity index is 690. The molecule has 0 aliphatic rings. The summed E-state index contributed by atoms with van der Waals surface area (Å²) in [6.07, 6.45) is 1.42. The van der Waals surface area contributed by atoms with E-state index in [-0.39, 0.29) is 5.57 Å². The lowest BCUT2D eigenvalue weighted by Gasteiger charge is -2.05. The molecule has 21 heavy (non-hydrogen) atoms. The summed E-state index contributed by atoms with van der Waals surface area (Å²) >= 11 is 3.36. The molecule has 0 heterocycles. The van der Waals surface area contributed by atoms with E-state index in [0.717, 1.165) is 11.1 Å². The standard InChI is InChI=1S/C17H13BrO3/c18-11-14-9-5-4-8-13(14)10-15(17(20)21)16(19)12-6-2-1-3-7-12/h1-10H,11H2,(H,20,21). The average Bonchev–Trinajstić information content (AvgIpc) is 2.53. The van der Waals surface area contributed by atoms with Crippen LogP contribution in [-0.4, -0.2) is 16.9 Å². The zero-order valence-electron chi connectivity index (χ0n) is 11.1. The molecule has 0 aliphatic carbocycles. The SMILES string of the molecule is O=C(O)C(=Cc1ccccc1CBr)C(=O)c1ccccc1. The van der Waals surface area contributed by atoms with Crippen LogP contribution in [-0.2, 0) is 10.1 Å². The summed E-state index contributed by atoms with van der Waals surface area (Å²) in [5.41, 5.74) is 1.77. The molecule has 0 radical (unpaired) electrons. The van der Waals surface area contributed by atoms with Gasteiger partial charge in [0.1, 0.15) is 5.57 Å². The summed E-state index contributed by atoms with van der Waals surface area (Å²) < 4.78 is 0. The Kier molecular flexibility index (Phi) is 5.06. The van der Waals surface area contributed by atoms with Gasteiger partial charge in [0.05, 0.1) is 0 Å². The maximum Gasteiger partial charge on any atom is 0.339 e. The molecular weight excluding hydrogens is 332 g/mol. The quantitative estimate of drug-likeness (QED) is 0.294. The first-order valence-electron chi connectivity index (χ1n) is 6.32. The van der Waals surface area contributed by atoms with Crippen LogP contribution in [0.3, 0.4) is 0 Å². The number of carboxylic acids is 1. The van der Waals surface area contributed by atoms with E-state index in [9.17, 15) is 14.7 Å². The lowest BCUT2D eigenvalue weighted by atomic mass is 9.99. The number of halogens is 1. The Balaban J connectivity index is 2.47. The van der Waals surface area contributed by atoms with Gasteiger partial charge >= 0.3 is 5.97 Å². The van der Waals surface area contributed by atoms with E-state index < -0.39 is 11.8 Å². The number of aliphatic carboxylic acids is 1. The topological polar surface area (TPSA) is 54.4 Å². The number of benzene rings is 2. The van der Waals surface area contributed by atoms with E-state index in [4.69, 9.17) is 0 Å². The smallest absolute Gasteiger partial charge is 0.339 e. The van der Waals surface area contributed by atoms with Crippen LogP contribution in [0.4, 0.5) is 0 Å². The molecule has 1 N–H and O–H groups in total. The monoisotopic (exact) mass is 344 g/mol. The van der Waals surface area contributed by atoms with Gasteiger partial charge in [-0.15, -0.1) is 0 Å². The second-order valence-corrected chi connectivity index (χ2v) is 4.95. The molecule has 0 saturated heterocycles. The van der Waals surface area contributed by atoms with E-state index in [1.807, 2.05) is 18.2 Å². The summed E-state index contributed by atoms with van der Waals surface area (Å²) in [6, 6.07) is 15.8. The number of hydrogen-bond acceptors (Lipinski definition) is 2. The van der Waals surface area contributed by atoms with Crippen molar-refractivity contribution in [3.8, 4) is 0 Å². The molecule has 106 valence electrons. The summed E-state index contributed by atoms with van der Waals surface area (Å²) in [5, 5.41) is 9.92. The lowest BCUT2D eigenvalue weighted by molar-refractivity contribution is -0.132. The van der Waals surface area contributed by atoms with Crippen molar-refractivity contribution in [2.24, 2.45) is 0 Å². The van der Waals surface area contributed by atoms with Gasteiger partial charge in [-0.1, -0.05) is 70.5 Å². The van der Waals surface area contributed by atoms with Crippen LogP contribution < -0.4 is 0 Å². The van der Waals surface area contributed by atoms with Gasteiger partial charge in [0, 0.05) is 10.9 Å². The molecule has 0 unspecified atom stereocenters. The molecular formula is C17H13BrO3. The fraction of sp³-hybridized carbons (Fsp3) is 0.0588. The van der Waals surface area contributed by atoms with Crippen molar-refractivity contribution < 1.29 is 14.7 Å². The summed E-state index contributed by atoms with van der Waals surface area (Å²) in [4.78, 5) is 23.7. The highest BCUT2D eigenvalue weighted by molar-refractivity contribution is 9.08. The van der Waals surface area contributed by atoms with E-state index in [1.54, 1.807) is 36.4 Å². The average molecular weight is 345 g/mol. The van der Waals surface area contributed by atoms with Crippen molar-refractivity contribution in [1.29, 1.82) is 0 Å². The largest absolute Gasteiger partial charge is 0.478 e. The van der Waals surface area contributed by atoms with Crippen LogP contribution in [0.25, 0.3) is 6.08 Å². The zero-order chi connectivity index (χ0) is 15.2. The molecule has 0 aliphatic heterocycles. The van der Waals surface area contributed by atoms with Crippen molar-refractivity contribution in [3.05, 3.63) is 76.9 Å². The molecule has 0 atom stereocenters. The fourth-order valence-corrected chi connectivity index (χ4v) is 2.43. The molecule has 3 nitrogen and oxygen atoms in total. The molecule has 2 aromatic rings. The highest BCUT2D eigenvalue weighted by Gasteiger charge is 2.19. The van der Waals surface area contributed by atoms with Gasteiger partial charge < -0.3 is 5.11 Å². The Morgan fingerprint density at radius 3 is 2.24 bits per heavy atom. The summed E-state index contributed by atoms with van der Waals surface area (Å²) in [6.45, 7) is 0. The normalized spacial score (nSPS) is 11.2. The maximum absolute atomic E-state index is 12.3. The van der Waals surface area contributed by atoms with Crippen molar-refractivity contribution in [2.75, 3.05) is 0 Å². The van der Waals surface area contributed by atoms with Gasteiger partial charge in [0.25, 0.3) is 0 Å². The first kappa shape index (κ1) is 15.2. The zero-order valence-corrected chi connectivity index (χ0v) is 12.7. The van der Waals surface area contributed by atoms with E-state index in [2.05, 4.69) is 15.9 Å². The fourth-order valence-electron chi connectivity index (χ4n) is 1.92. The second kappa shape index (κ2) is 6.99. The van der Waals surface area contributed by atoms with Crippen LogP contribution in [0.1, 0.15) is 21.5 Å². The Hall–Kier alpha value is -2.20. The van der Waals surface area contributed by atoms with Gasteiger partial charge in [-0.25, -0.2) is 4.79 Å². The minimum absolute atomic E-state index is 0.241. The third-order valence-electron chi connectivity index (χ3n) is 3.01. The highest BCUT2D eigenvalue weighted by Crippen LogP contribution is 2.18. The number of Topliss-reactive ketones (excluding diaryl/α,β-unsaturated/α-hetero) is 1. The number of carboxylic acid groups (broad SMARTS) is 1. The molecule has 2 aromatic carbocycles. The van der Waals surface area contributed by atoms with Gasteiger partial charge in [-0.05, 0) is 17.2 Å². The van der Waals surface area contributed by atoms with E-state index >= 15 is 0 Å². The molecule has 0 bridgehead atoms. The number of ketones is 1. The number of carbonyl (C=O) groups excluding carboxylic acids is 1. The number of carbonyl (C=O) groups is 2. The predicted octanol–water partition coefficient (Wildman–Crippen LogP) is 3.93. The van der Waals surface area contributed by atoms with Gasteiger partial charge in [0.15, 0.2) is 5.78 Å². The van der Waals surface area contributed by atoms with E-state index in [1.165, 1.54) is 6.08 Å². The molecule has 0 aromatic heterocycles. The number of hydrogen-bond donors (Lipinski definition) is 1. The molecule has 2 rings (SSSR count). The Morgan fingerprint density at radius 1 is 1.00 bits per heavy atom. The third-order valence-corrected chi connectivity index (χ3v) is 3.61. The van der Waals surface area contributed by atoms with Crippen molar-refractivity contribution >= 4 is 33.8 Å². The maximum atomic E-state index is 12.3. The van der Waals surface area contributed by atoms with Crippen LogP contribution in [0, 0.1) is 0 Å². The van der Waals surface area contributed by atoms with Crippen LogP contribution in [0.5, 0.6) is 0 Å². The molecule has 0 saturated carbocycles. The first-order valence-corrected chi connectivity index (χ1v) is 7.44. The van der Waals surface area contributed by atoms with Crippen LogP contribution >= 0.6 is 15.9 Å². The molecule has 4 heteroatoms. The Labute approximate surface area is 131 Å². The van der Waals surface area contributed by atoms with Gasteiger partial charge in [0.2, 0.25) is 0 Å². The molecule has 0 spiro atoms. The summed E-state index contributed by atoms with van der Waals surface area (Å²) in [5.74, 6) is -1.72. The minimum Gasteiger partial charge on any atom is -0.478 e. The van der Waals surface area contributed by atoms with Gasteiger partial charge in [-0.2, -0.15) is 0 Å². The van der Waals surface area contributed by atoms with Gasteiger partial charge in [-0.3, -0.25) is 4.79 Å². The predicted molar refractivity (Wildman–Crippen MR) is 85.5 cm³/mol. The minimum atomic E-state index is -1.23. The van der Waals surface area contributed by atoms with Crippen molar-refractivity contribution in [3.63, 3.8) is 0 Å². The van der Waals surface area contributed by atoms with Crippen LogP contribution in [0.2, 0.25) is 0 Å². The molecule has 0 amide bonds. The lowest BCUT2D eigenvalue weighted by Crippen LogP contribution is -2.12. The second-order valence-electron chi connectivity index (χ2n) is 4.39. The number of alkyl halides is 1. The van der Waals surface area contributed by atoms with E-state index in [0.29, 0.717) is 10.9 Å². The first-order chi connectivity index (χ1) is 10.1. The van der Waals surface area contributed by atoms with Crippen molar-refractivity contribution in [2.45, 2.75) is 5.33 Å². The van der Waals surface area contributed by atoms with Crippen LogP contribution in [0.15, 0.2) is 60.2 Å². The molecule has 0 fully saturated rings. The highest BCUT2D eigenvalue weighted by atomic mass is 79.9. The number of rotatable bonds is 5. The summed E-state index contributed by atoms with van der Waals surface area (Å²) in [7, 11) is 0. The Morgan fingerprint density at radius 2 is 1.62 bits per heavy atom. The van der Waals surface area contributed by atoms with Crippen molar-refractivity contribution in [1.82, 2.24) is 0 Å². The third kappa shape index (κ3) is 3.67.